The van der Waals surface area contributed by atoms with Gasteiger partial charge in [0.1, 0.15) is 6.10 Å². The van der Waals surface area contributed by atoms with E-state index in [-0.39, 0.29) is 18.2 Å². The first-order chi connectivity index (χ1) is 8.72. The second-order valence-electron chi connectivity index (χ2n) is 6.58. The minimum Gasteiger partial charge on any atom is -0.446 e. The van der Waals surface area contributed by atoms with Gasteiger partial charge in [-0.1, -0.05) is 6.42 Å². The third-order valence-corrected chi connectivity index (χ3v) is 5.36. The number of rotatable bonds is 3. The molecular formula is C15H25NO2. The van der Waals surface area contributed by atoms with Gasteiger partial charge in [0.2, 0.25) is 0 Å². The molecule has 1 N–H and O–H groups in total. The highest BCUT2D eigenvalue weighted by Crippen LogP contribution is 2.49. The van der Waals surface area contributed by atoms with Gasteiger partial charge in [-0.2, -0.15) is 0 Å². The number of hydrogen-bond donors (Lipinski definition) is 1. The van der Waals surface area contributed by atoms with Gasteiger partial charge in [-0.3, -0.25) is 0 Å². The molecule has 1 amide bonds. The Kier molecular flexibility index (Phi) is 3.49. The standard InChI is InChI=1S/C15H25NO2/c1-10(14-9-11-6-7-12(14)8-11)16-15(17)18-13-4-2-3-5-13/h10-14H,2-9H2,1H3,(H,16,17). The first-order valence-electron chi connectivity index (χ1n) is 7.69. The molecule has 0 spiro atoms. The summed E-state index contributed by atoms with van der Waals surface area (Å²) in [6.07, 6.45) is 10.0. The van der Waals surface area contributed by atoms with Crippen molar-refractivity contribution in [3.63, 3.8) is 0 Å². The van der Waals surface area contributed by atoms with E-state index in [1.165, 1.54) is 38.5 Å². The average Bonchev–Trinajstić information content (AvgIpc) is 3.04. The van der Waals surface area contributed by atoms with E-state index in [0.717, 1.165) is 24.7 Å². The van der Waals surface area contributed by atoms with Crippen LogP contribution in [0, 0.1) is 17.8 Å². The van der Waals surface area contributed by atoms with E-state index in [4.69, 9.17) is 4.74 Å². The fourth-order valence-corrected chi connectivity index (χ4v) is 4.39. The quantitative estimate of drug-likeness (QED) is 0.834. The Balaban J connectivity index is 1.45. The van der Waals surface area contributed by atoms with E-state index in [9.17, 15) is 4.79 Å². The number of alkyl carbamates (subject to hydrolysis) is 1. The fraction of sp³-hybridized carbons (Fsp3) is 0.933. The largest absolute Gasteiger partial charge is 0.446 e. The summed E-state index contributed by atoms with van der Waals surface area (Å²) >= 11 is 0. The Hall–Kier alpha value is -0.730. The number of ether oxygens (including phenoxy) is 1. The van der Waals surface area contributed by atoms with Crippen LogP contribution in [0.5, 0.6) is 0 Å². The van der Waals surface area contributed by atoms with Crippen molar-refractivity contribution in [2.45, 2.75) is 70.4 Å². The van der Waals surface area contributed by atoms with Crippen molar-refractivity contribution < 1.29 is 9.53 Å². The molecule has 2 bridgehead atoms. The van der Waals surface area contributed by atoms with Crippen LogP contribution >= 0.6 is 0 Å². The number of fused-ring (bicyclic) bond motifs is 2. The van der Waals surface area contributed by atoms with Gasteiger partial charge in [-0.05, 0) is 69.6 Å². The zero-order valence-corrected chi connectivity index (χ0v) is 11.4. The van der Waals surface area contributed by atoms with Crippen molar-refractivity contribution >= 4 is 6.09 Å². The minimum absolute atomic E-state index is 0.178. The summed E-state index contributed by atoms with van der Waals surface area (Å²) in [5.41, 5.74) is 0. The summed E-state index contributed by atoms with van der Waals surface area (Å²) in [5, 5.41) is 3.07. The summed E-state index contributed by atoms with van der Waals surface area (Å²) in [5.74, 6) is 2.49. The molecule has 3 aliphatic carbocycles. The van der Waals surface area contributed by atoms with Crippen LogP contribution in [0.25, 0.3) is 0 Å². The van der Waals surface area contributed by atoms with Crippen LogP contribution in [-0.2, 0) is 4.74 Å². The first kappa shape index (κ1) is 12.3. The van der Waals surface area contributed by atoms with E-state index in [1.54, 1.807) is 0 Å². The molecule has 0 aromatic heterocycles. The van der Waals surface area contributed by atoms with E-state index in [0.29, 0.717) is 5.92 Å². The summed E-state index contributed by atoms with van der Waals surface area (Å²) in [6, 6.07) is 0.286. The summed E-state index contributed by atoms with van der Waals surface area (Å²) < 4.78 is 5.47. The molecular weight excluding hydrogens is 226 g/mol. The fourth-order valence-electron chi connectivity index (χ4n) is 4.39. The van der Waals surface area contributed by atoms with Gasteiger partial charge in [0.05, 0.1) is 0 Å². The molecule has 3 saturated carbocycles. The Morgan fingerprint density at radius 2 is 1.94 bits per heavy atom. The van der Waals surface area contributed by atoms with Gasteiger partial charge in [0.15, 0.2) is 0 Å². The molecule has 0 aliphatic heterocycles. The van der Waals surface area contributed by atoms with E-state index < -0.39 is 0 Å². The van der Waals surface area contributed by atoms with Gasteiger partial charge in [-0.25, -0.2) is 4.79 Å². The predicted octanol–water partition coefficient (Wildman–Crippen LogP) is 3.48. The molecule has 0 saturated heterocycles. The third kappa shape index (κ3) is 2.50. The zero-order chi connectivity index (χ0) is 12.5. The zero-order valence-electron chi connectivity index (χ0n) is 11.4. The van der Waals surface area contributed by atoms with Crippen LogP contribution in [0.3, 0.4) is 0 Å². The SMILES string of the molecule is CC(NC(=O)OC1CCCC1)C1CC2CCC1C2. The van der Waals surface area contributed by atoms with E-state index in [1.807, 2.05) is 0 Å². The Labute approximate surface area is 110 Å². The van der Waals surface area contributed by atoms with Gasteiger partial charge in [0, 0.05) is 6.04 Å². The maximum atomic E-state index is 11.8. The van der Waals surface area contributed by atoms with Crippen molar-refractivity contribution in [3.05, 3.63) is 0 Å². The van der Waals surface area contributed by atoms with Gasteiger partial charge < -0.3 is 10.1 Å². The molecule has 3 fully saturated rings. The molecule has 102 valence electrons. The van der Waals surface area contributed by atoms with Crippen molar-refractivity contribution in [3.8, 4) is 0 Å². The van der Waals surface area contributed by atoms with Crippen molar-refractivity contribution in [1.29, 1.82) is 0 Å². The maximum Gasteiger partial charge on any atom is 0.407 e. The summed E-state index contributed by atoms with van der Waals surface area (Å²) in [4.78, 5) is 11.8. The lowest BCUT2D eigenvalue weighted by atomic mass is 9.84. The molecule has 3 aliphatic rings. The number of amides is 1. The van der Waals surface area contributed by atoms with Crippen molar-refractivity contribution in [2.75, 3.05) is 0 Å². The topological polar surface area (TPSA) is 38.3 Å². The third-order valence-electron chi connectivity index (χ3n) is 5.36. The highest BCUT2D eigenvalue weighted by atomic mass is 16.6. The van der Waals surface area contributed by atoms with Crippen molar-refractivity contribution in [2.24, 2.45) is 17.8 Å². The summed E-state index contributed by atoms with van der Waals surface area (Å²) in [7, 11) is 0. The molecule has 4 unspecified atom stereocenters. The molecule has 0 heterocycles. The minimum atomic E-state index is -0.183. The molecule has 0 aromatic carbocycles. The second kappa shape index (κ2) is 5.10. The van der Waals surface area contributed by atoms with Gasteiger partial charge >= 0.3 is 6.09 Å². The predicted molar refractivity (Wildman–Crippen MR) is 70.3 cm³/mol. The molecule has 0 radical (unpaired) electrons. The Morgan fingerprint density at radius 1 is 1.17 bits per heavy atom. The molecule has 3 rings (SSSR count). The molecule has 18 heavy (non-hydrogen) atoms. The summed E-state index contributed by atoms with van der Waals surface area (Å²) in [6.45, 7) is 2.15. The Bertz CT molecular complexity index is 312. The highest BCUT2D eigenvalue weighted by Gasteiger charge is 2.42. The average molecular weight is 251 g/mol. The molecule has 3 nitrogen and oxygen atoms in total. The maximum absolute atomic E-state index is 11.8. The van der Waals surface area contributed by atoms with E-state index >= 15 is 0 Å². The smallest absolute Gasteiger partial charge is 0.407 e. The van der Waals surface area contributed by atoms with Crippen LogP contribution in [0.4, 0.5) is 4.79 Å². The number of carbonyl (C=O) groups excluding carboxylic acids is 1. The van der Waals surface area contributed by atoms with Crippen LogP contribution in [0.15, 0.2) is 0 Å². The number of nitrogens with one attached hydrogen (secondary N) is 1. The van der Waals surface area contributed by atoms with Gasteiger partial charge in [-0.15, -0.1) is 0 Å². The monoisotopic (exact) mass is 251 g/mol. The van der Waals surface area contributed by atoms with Crippen molar-refractivity contribution in [1.82, 2.24) is 5.32 Å². The normalized spacial score (nSPS) is 36.8. The van der Waals surface area contributed by atoms with Gasteiger partial charge in [0.25, 0.3) is 0 Å². The molecule has 4 atom stereocenters. The molecule has 0 aromatic rings. The van der Waals surface area contributed by atoms with Crippen LogP contribution in [-0.4, -0.2) is 18.2 Å². The lowest BCUT2D eigenvalue weighted by molar-refractivity contribution is 0.0936. The first-order valence-corrected chi connectivity index (χ1v) is 7.69. The molecule has 3 heteroatoms. The second-order valence-corrected chi connectivity index (χ2v) is 6.58. The number of hydrogen-bond acceptors (Lipinski definition) is 2. The van der Waals surface area contributed by atoms with Crippen LogP contribution in [0.2, 0.25) is 0 Å². The highest BCUT2D eigenvalue weighted by molar-refractivity contribution is 5.67. The van der Waals surface area contributed by atoms with E-state index in [2.05, 4.69) is 12.2 Å². The lowest BCUT2D eigenvalue weighted by Crippen LogP contribution is -2.41. The Morgan fingerprint density at radius 3 is 2.56 bits per heavy atom. The van der Waals surface area contributed by atoms with Crippen LogP contribution < -0.4 is 5.32 Å². The number of carbonyl (C=O) groups is 1. The lowest BCUT2D eigenvalue weighted by Gasteiger charge is -2.28. The van der Waals surface area contributed by atoms with Crippen LogP contribution in [0.1, 0.15) is 58.3 Å².